The number of hydrogen-bond acceptors (Lipinski definition) is 5. The van der Waals surface area contributed by atoms with Gasteiger partial charge in [-0.3, -0.25) is 0 Å². The molecule has 8 aromatic rings. The van der Waals surface area contributed by atoms with Crippen molar-refractivity contribution < 1.29 is 0 Å². The number of aromatic amines is 2. The molecule has 5 aromatic heterocycles. The maximum atomic E-state index is 6.28. The van der Waals surface area contributed by atoms with Crippen molar-refractivity contribution in [1.29, 1.82) is 0 Å². The number of nitrogens with two attached hydrogens (primary N) is 1. The van der Waals surface area contributed by atoms with Crippen molar-refractivity contribution >= 4 is 54.6 Å². The maximum absolute atomic E-state index is 6.28. The lowest BCUT2D eigenvalue weighted by Gasteiger charge is -2.25. The molecule has 10 rings (SSSR count). The van der Waals surface area contributed by atoms with Gasteiger partial charge in [-0.25, -0.2) is 19.9 Å². The highest BCUT2D eigenvalue weighted by Gasteiger charge is 2.28. The van der Waals surface area contributed by atoms with Crippen LogP contribution in [0.3, 0.4) is 0 Å². The SMILES string of the molecule is NC1Cc2nc3c4ccc5nc4c4nc(ccc4c3nc21)-c1cccc2cc([nH]c12)Cc1cc2cccc-5c2[nH]1. The standard InChI is InChI=1S/C33H21N7/c34-23-14-26-33(23)40-32-22-8-10-25-20-6-2-4-16-12-18(36-28(16)20)13-17-11-15-3-1-5-19(27(15)35-17)24-9-7-21(31(32)39-26)29(37-24)30(22)38-25/h1-12,23,35-36H,13-14,34H2. The van der Waals surface area contributed by atoms with Crippen molar-refractivity contribution in [3.8, 4) is 22.5 Å². The van der Waals surface area contributed by atoms with Crippen LogP contribution in [0.15, 0.2) is 72.8 Å². The number of rotatable bonds is 0. The van der Waals surface area contributed by atoms with E-state index in [0.717, 1.165) is 102 Å². The highest BCUT2D eigenvalue weighted by atomic mass is 14.9. The summed E-state index contributed by atoms with van der Waals surface area (Å²) in [4.78, 5) is 28.1. The van der Waals surface area contributed by atoms with Gasteiger partial charge in [-0.2, -0.15) is 0 Å². The van der Waals surface area contributed by atoms with E-state index in [1.54, 1.807) is 0 Å². The molecule has 8 bridgehead atoms. The minimum atomic E-state index is -0.0642. The number of fused-ring (bicyclic) bond motifs is 10. The zero-order valence-electron chi connectivity index (χ0n) is 21.3. The fraction of sp³-hybridized carbons (Fsp3) is 0.0909. The van der Waals surface area contributed by atoms with Crippen LogP contribution in [-0.2, 0) is 12.8 Å². The summed E-state index contributed by atoms with van der Waals surface area (Å²) in [6, 6.07) is 25.6. The van der Waals surface area contributed by atoms with Gasteiger partial charge in [0.25, 0.3) is 0 Å². The van der Waals surface area contributed by atoms with Crippen LogP contribution < -0.4 is 5.73 Å². The number of nitrogens with one attached hydrogen (secondary N) is 2. The molecule has 1 unspecified atom stereocenters. The van der Waals surface area contributed by atoms with E-state index in [0.29, 0.717) is 0 Å². The summed E-state index contributed by atoms with van der Waals surface area (Å²) in [6.07, 6.45) is 1.52. The Bertz CT molecular complexity index is 2410. The lowest BCUT2D eigenvalue weighted by Crippen LogP contribution is -2.28. The predicted octanol–water partition coefficient (Wildman–Crippen LogP) is 6.48. The molecule has 0 amide bonds. The number of hydrogen-bond donors (Lipinski definition) is 3. The highest BCUT2D eigenvalue weighted by Crippen LogP contribution is 2.39. The first-order valence-electron chi connectivity index (χ1n) is 13.6. The smallest absolute Gasteiger partial charge is 0.0995 e. The average molecular weight is 516 g/mol. The Kier molecular flexibility index (Phi) is 3.68. The Morgan fingerprint density at radius 1 is 0.625 bits per heavy atom. The van der Waals surface area contributed by atoms with Crippen molar-refractivity contribution in [2.45, 2.75) is 18.9 Å². The van der Waals surface area contributed by atoms with Gasteiger partial charge in [0.1, 0.15) is 0 Å². The van der Waals surface area contributed by atoms with E-state index in [-0.39, 0.29) is 6.04 Å². The van der Waals surface area contributed by atoms with Crippen LogP contribution in [0.25, 0.3) is 77.2 Å². The number of pyridine rings is 2. The van der Waals surface area contributed by atoms with E-state index in [1.165, 1.54) is 10.8 Å². The zero-order valence-corrected chi connectivity index (χ0v) is 21.3. The van der Waals surface area contributed by atoms with Gasteiger partial charge < -0.3 is 15.7 Å². The van der Waals surface area contributed by atoms with Crippen LogP contribution in [0.5, 0.6) is 0 Å². The number of aromatic nitrogens is 6. The third-order valence-corrected chi connectivity index (χ3v) is 8.65. The summed E-state index contributed by atoms with van der Waals surface area (Å²) in [5.41, 5.74) is 19.9. The molecule has 7 nitrogen and oxygen atoms in total. The number of para-hydroxylation sites is 2. The molecule has 7 heteroatoms. The van der Waals surface area contributed by atoms with Gasteiger partial charge in [0, 0.05) is 56.9 Å². The van der Waals surface area contributed by atoms with Crippen molar-refractivity contribution in [3.05, 3.63) is 95.6 Å². The van der Waals surface area contributed by atoms with Crippen molar-refractivity contribution in [2.24, 2.45) is 5.73 Å². The van der Waals surface area contributed by atoms with Gasteiger partial charge in [0.15, 0.2) is 0 Å². The Hall–Kier alpha value is -5.14. The average Bonchev–Trinajstić information content (AvgIpc) is 3.58. The first kappa shape index (κ1) is 20.8. The van der Waals surface area contributed by atoms with Gasteiger partial charge in [0.05, 0.1) is 61.9 Å². The molecular formula is C33H21N7. The normalized spacial score (nSPS) is 15.7. The van der Waals surface area contributed by atoms with E-state index < -0.39 is 0 Å². The molecule has 0 radical (unpaired) electrons. The Labute approximate surface area is 227 Å². The van der Waals surface area contributed by atoms with Gasteiger partial charge >= 0.3 is 0 Å². The summed E-state index contributed by atoms with van der Waals surface area (Å²) in [6.45, 7) is 0. The quantitative estimate of drug-likeness (QED) is 0.200. The molecule has 188 valence electrons. The van der Waals surface area contributed by atoms with Crippen LogP contribution in [0.1, 0.15) is 28.8 Å². The van der Waals surface area contributed by atoms with Crippen molar-refractivity contribution in [3.63, 3.8) is 0 Å². The summed E-state index contributed by atoms with van der Waals surface area (Å²) < 4.78 is 0. The van der Waals surface area contributed by atoms with Crippen LogP contribution in [-0.4, -0.2) is 29.9 Å². The largest absolute Gasteiger partial charge is 0.358 e. The molecule has 6 heterocycles. The molecular weight excluding hydrogens is 494 g/mol. The Morgan fingerprint density at radius 3 is 1.75 bits per heavy atom. The molecule has 1 aliphatic heterocycles. The van der Waals surface area contributed by atoms with Crippen LogP contribution in [0.2, 0.25) is 0 Å². The first-order valence-corrected chi connectivity index (χ1v) is 13.6. The molecule has 0 saturated heterocycles. The minimum Gasteiger partial charge on any atom is -0.358 e. The maximum Gasteiger partial charge on any atom is 0.0995 e. The molecule has 40 heavy (non-hydrogen) atoms. The summed E-state index contributed by atoms with van der Waals surface area (Å²) in [5.74, 6) is 0. The second-order valence-corrected chi connectivity index (χ2v) is 11.1. The molecule has 0 spiro atoms. The van der Waals surface area contributed by atoms with Gasteiger partial charge in [-0.1, -0.05) is 36.4 Å². The fourth-order valence-electron chi connectivity index (χ4n) is 6.69. The molecule has 0 saturated carbocycles. The van der Waals surface area contributed by atoms with Gasteiger partial charge in [-0.15, -0.1) is 0 Å². The number of H-pyrrole nitrogens is 2. The minimum absolute atomic E-state index is 0.0642. The van der Waals surface area contributed by atoms with Gasteiger partial charge in [-0.05, 0) is 36.4 Å². The second kappa shape index (κ2) is 7.08. The van der Waals surface area contributed by atoms with E-state index in [4.69, 9.17) is 25.7 Å². The molecule has 2 aliphatic rings. The topological polar surface area (TPSA) is 109 Å². The van der Waals surface area contributed by atoms with Crippen LogP contribution >= 0.6 is 0 Å². The van der Waals surface area contributed by atoms with E-state index in [2.05, 4.69) is 82.8 Å². The van der Waals surface area contributed by atoms with Gasteiger partial charge in [0.2, 0.25) is 0 Å². The Morgan fingerprint density at radius 2 is 1.18 bits per heavy atom. The monoisotopic (exact) mass is 515 g/mol. The molecule has 1 atom stereocenters. The lowest BCUT2D eigenvalue weighted by atomic mass is 9.93. The molecule has 1 aliphatic carbocycles. The highest BCUT2D eigenvalue weighted by molar-refractivity contribution is 6.21. The van der Waals surface area contributed by atoms with Crippen LogP contribution in [0, 0.1) is 0 Å². The number of nitrogens with zero attached hydrogens (tertiary/aromatic N) is 4. The lowest BCUT2D eigenvalue weighted by molar-refractivity contribution is 0.591. The summed E-state index contributed by atoms with van der Waals surface area (Å²) >= 11 is 0. The summed E-state index contributed by atoms with van der Waals surface area (Å²) in [5, 5.41) is 4.23. The van der Waals surface area contributed by atoms with Crippen molar-refractivity contribution in [2.75, 3.05) is 0 Å². The van der Waals surface area contributed by atoms with E-state index >= 15 is 0 Å². The second-order valence-electron chi connectivity index (χ2n) is 11.1. The van der Waals surface area contributed by atoms with Crippen molar-refractivity contribution in [1.82, 2.24) is 29.9 Å². The molecule has 4 N–H and O–H groups in total. The predicted molar refractivity (Wildman–Crippen MR) is 158 cm³/mol. The molecule has 0 fully saturated rings. The fourth-order valence-corrected chi connectivity index (χ4v) is 6.69. The van der Waals surface area contributed by atoms with E-state index in [1.807, 2.05) is 0 Å². The Balaban J connectivity index is 1.41. The van der Waals surface area contributed by atoms with E-state index in [9.17, 15) is 0 Å². The third-order valence-electron chi connectivity index (χ3n) is 8.65. The summed E-state index contributed by atoms with van der Waals surface area (Å²) in [7, 11) is 0. The van der Waals surface area contributed by atoms with Crippen LogP contribution in [0.4, 0.5) is 0 Å². The first-order chi connectivity index (χ1) is 19.7. The molecule has 3 aromatic carbocycles. The zero-order chi connectivity index (χ0) is 26.1. The third kappa shape index (κ3) is 2.62. The number of benzene rings is 3.